The number of rotatable bonds is 2. The number of carbonyl (C=O) groups is 1. The molecule has 0 aliphatic carbocycles. The van der Waals surface area contributed by atoms with Crippen LogP contribution in [0, 0.1) is 20.8 Å². The normalized spacial score (nSPS) is 13.1. The largest absolute Gasteiger partial charge is 0.438 e. The van der Waals surface area contributed by atoms with Crippen molar-refractivity contribution in [2.45, 2.75) is 27.2 Å². The van der Waals surface area contributed by atoms with E-state index in [9.17, 15) is 4.79 Å². The lowest BCUT2D eigenvalue weighted by molar-refractivity contribution is -0.115. The molecule has 0 unspecified atom stereocenters. The van der Waals surface area contributed by atoms with E-state index >= 15 is 0 Å². The summed E-state index contributed by atoms with van der Waals surface area (Å²) in [5.74, 6) is 1.31. The Hall–Kier alpha value is -2.36. The van der Waals surface area contributed by atoms with Gasteiger partial charge in [-0.2, -0.15) is 0 Å². The Balaban J connectivity index is 2.02. The maximum Gasteiger partial charge on any atom is 0.229 e. The summed E-state index contributed by atoms with van der Waals surface area (Å²) in [6, 6.07) is 5.95. The summed E-state index contributed by atoms with van der Waals surface area (Å²) in [7, 11) is 0. The zero-order valence-electron chi connectivity index (χ0n) is 11.8. The molecule has 0 atom stereocenters. The molecule has 1 N–H and O–H groups in total. The van der Waals surface area contributed by atoms with Gasteiger partial charge in [-0.05, 0) is 38.0 Å². The number of anilines is 1. The third kappa shape index (κ3) is 2.13. The lowest BCUT2D eigenvalue weighted by Gasteiger charge is -2.13. The first-order valence-electron chi connectivity index (χ1n) is 6.58. The Morgan fingerprint density at radius 2 is 1.90 bits per heavy atom. The van der Waals surface area contributed by atoms with Gasteiger partial charge in [-0.15, -0.1) is 0 Å². The van der Waals surface area contributed by atoms with Gasteiger partial charge < -0.3 is 10.1 Å². The summed E-state index contributed by atoms with van der Waals surface area (Å²) in [4.78, 5) is 15.8. The predicted molar refractivity (Wildman–Crippen MR) is 77.3 cm³/mol. The number of nitrogens with zero attached hydrogens (tertiary/aromatic N) is 1. The molecule has 1 aromatic heterocycles. The zero-order chi connectivity index (χ0) is 14.3. The van der Waals surface area contributed by atoms with Crippen molar-refractivity contribution in [2.75, 3.05) is 5.32 Å². The van der Waals surface area contributed by atoms with Crippen molar-refractivity contribution < 1.29 is 9.53 Å². The molecular weight excluding hydrogens is 252 g/mol. The lowest BCUT2D eigenvalue weighted by atomic mass is 10.1. The average molecular weight is 268 g/mol. The fraction of sp³-hybridized carbons (Fsp3) is 0.250. The number of hydrogen-bond acceptors (Lipinski definition) is 3. The van der Waals surface area contributed by atoms with Gasteiger partial charge in [0.2, 0.25) is 11.8 Å². The van der Waals surface area contributed by atoms with Crippen LogP contribution in [-0.4, -0.2) is 10.9 Å². The van der Waals surface area contributed by atoms with Crippen LogP contribution in [-0.2, 0) is 11.2 Å². The second kappa shape index (κ2) is 4.63. The first kappa shape index (κ1) is 12.7. The molecule has 1 aliphatic rings. The highest BCUT2D eigenvalue weighted by atomic mass is 16.5. The van der Waals surface area contributed by atoms with Crippen LogP contribution in [0.4, 0.5) is 5.69 Å². The Bertz CT molecular complexity index is 685. The molecule has 20 heavy (non-hydrogen) atoms. The monoisotopic (exact) mass is 268 g/mol. The van der Waals surface area contributed by atoms with Crippen LogP contribution >= 0.6 is 0 Å². The van der Waals surface area contributed by atoms with E-state index in [1.54, 1.807) is 12.3 Å². The van der Waals surface area contributed by atoms with Crippen molar-refractivity contribution in [3.05, 3.63) is 46.6 Å². The van der Waals surface area contributed by atoms with Crippen molar-refractivity contribution >= 4 is 11.6 Å². The highest BCUT2D eigenvalue weighted by molar-refractivity contribution is 5.99. The van der Waals surface area contributed by atoms with Crippen LogP contribution in [0.3, 0.4) is 0 Å². The Morgan fingerprint density at radius 3 is 2.60 bits per heavy atom. The van der Waals surface area contributed by atoms with Crippen molar-refractivity contribution in [3.63, 3.8) is 0 Å². The first-order chi connectivity index (χ1) is 9.54. The number of carbonyl (C=O) groups excluding carboxylic acids is 1. The van der Waals surface area contributed by atoms with E-state index in [1.807, 2.05) is 13.8 Å². The number of ether oxygens (including phenoxy) is 1. The Kier molecular flexibility index (Phi) is 2.93. The van der Waals surface area contributed by atoms with E-state index in [0.717, 1.165) is 28.1 Å². The van der Waals surface area contributed by atoms with E-state index in [0.29, 0.717) is 12.3 Å². The average Bonchev–Trinajstić information content (AvgIpc) is 2.74. The molecule has 0 saturated heterocycles. The van der Waals surface area contributed by atoms with Crippen molar-refractivity contribution in [2.24, 2.45) is 0 Å². The molecule has 4 nitrogen and oxygen atoms in total. The fourth-order valence-electron chi connectivity index (χ4n) is 2.63. The number of amides is 1. The van der Waals surface area contributed by atoms with Crippen LogP contribution in [0.15, 0.2) is 24.4 Å². The third-order valence-corrected chi connectivity index (χ3v) is 3.43. The topological polar surface area (TPSA) is 51.2 Å². The molecular formula is C16H16N2O2. The summed E-state index contributed by atoms with van der Waals surface area (Å²) < 4.78 is 5.98. The molecule has 0 fully saturated rings. The number of aromatic nitrogens is 1. The van der Waals surface area contributed by atoms with Crippen molar-refractivity contribution in [3.8, 4) is 11.6 Å². The zero-order valence-corrected chi connectivity index (χ0v) is 11.8. The minimum absolute atomic E-state index is 0.0183. The van der Waals surface area contributed by atoms with Gasteiger partial charge in [-0.3, -0.25) is 4.79 Å². The van der Waals surface area contributed by atoms with Gasteiger partial charge in [0.1, 0.15) is 5.75 Å². The van der Waals surface area contributed by atoms with Gasteiger partial charge >= 0.3 is 0 Å². The minimum atomic E-state index is -0.0183. The molecule has 0 radical (unpaired) electrons. The maximum atomic E-state index is 11.5. The number of benzene rings is 1. The third-order valence-electron chi connectivity index (χ3n) is 3.43. The number of nitrogens with one attached hydrogen (secondary N) is 1. The number of pyridine rings is 1. The predicted octanol–water partition coefficient (Wildman–Crippen LogP) is 3.29. The molecule has 1 aliphatic heterocycles. The van der Waals surface area contributed by atoms with Gasteiger partial charge in [0.25, 0.3) is 0 Å². The molecule has 102 valence electrons. The van der Waals surface area contributed by atoms with Gasteiger partial charge in [-0.1, -0.05) is 17.7 Å². The van der Waals surface area contributed by atoms with Crippen LogP contribution < -0.4 is 10.1 Å². The molecule has 1 amide bonds. The fourth-order valence-corrected chi connectivity index (χ4v) is 2.63. The smallest absolute Gasteiger partial charge is 0.229 e. The Labute approximate surface area is 117 Å². The van der Waals surface area contributed by atoms with E-state index < -0.39 is 0 Å². The highest BCUT2D eigenvalue weighted by Crippen LogP contribution is 2.35. The molecule has 2 heterocycles. The van der Waals surface area contributed by atoms with Gasteiger partial charge in [0, 0.05) is 11.8 Å². The lowest BCUT2D eigenvalue weighted by Crippen LogP contribution is -2.03. The van der Waals surface area contributed by atoms with Crippen LogP contribution in [0.1, 0.15) is 22.3 Å². The van der Waals surface area contributed by atoms with Crippen molar-refractivity contribution in [1.29, 1.82) is 0 Å². The number of aryl methyl sites for hydroxylation is 3. The Morgan fingerprint density at radius 1 is 1.20 bits per heavy atom. The second-order valence-corrected chi connectivity index (χ2v) is 5.20. The summed E-state index contributed by atoms with van der Waals surface area (Å²) in [6.45, 7) is 6.09. The molecule has 2 aromatic rings. The summed E-state index contributed by atoms with van der Waals surface area (Å²) in [6.07, 6.45) is 1.97. The SMILES string of the molecule is Cc1cc(C)c(Oc2nccc3c2CC(=O)N3)c(C)c1. The molecule has 1 aromatic carbocycles. The van der Waals surface area contributed by atoms with Crippen LogP contribution in [0.25, 0.3) is 0 Å². The van der Waals surface area contributed by atoms with E-state index in [-0.39, 0.29) is 5.91 Å². The maximum absolute atomic E-state index is 11.5. The van der Waals surface area contributed by atoms with Gasteiger partial charge in [0.15, 0.2) is 0 Å². The second-order valence-electron chi connectivity index (χ2n) is 5.20. The number of fused-ring (bicyclic) bond motifs is 1. The van der Waals surface area contributed by atoms with E-state index in [2.05, 4.69) is 29.4 Å². The van der Waals surface area contributed by atoms with Crippen LogP contribution in [0.5, 0.6) is 11.6 Å². The highest BCUT2D eigenvalue weighted by Gasteiger charge is 2.23. The number of hydrogen-bond donors (Lipinski definition) is 1. The summed E-state index contributed by atoms with van der Waals surface area (Å²) in [5, 5.41) is 2.80. The van der Waals surface area contributed by atoms with Crippen molar-refractivity contribution in [1.82, 2.24) is 4.98 Å². The molecule has 0 spiro atoms. The summed E-state index contributed by atoms with van der Waals surface area (Å²) >= 11 is 0. The standard InChI is InChI=1S/C16H16N2O2/c1-9-6-10(2)15(11(3)7-9)20-16-12-8-14(19)18-13(12)4-5-17-16/h4-7H,8H2,1-3H3,(H,18,19). The van der Waals surface area contributed by atoms with Crippen LogP contribution in [0.2, 0.25) is 0 Å². The van der Waals surface area contributed by atoms with E-state index in [4.69, 9.17) is 4.74 Å². The molecule has 3 rings (SSSR count). The van der Waals surface area contributed by atoms with Gasteiger partial charge in [-0.25, -0.2) is 4.98 Å². The quantitative estimate of drug-likeness (QED) is 0.909. The van der Waals surface area contributed by atoms with Gasteiger partial charge in [0.05, 0.1) is 12.1 Å². The summed E-state index contributed by atoms with van der Waals surface area (Å²) in [5.41, 5.74) is 4.97. The molecule has 0 saturated carbocycles. The minimum Gasteiger partial charge on any atom is -0.438 e. The van der Waals surface area contributed by atoms with E-state index in [1.165, 1.54) is 5.56 Å². The molecule has 0 bridgehead atoms. The first-order valence-corrected chi connectivity index (χ1v) is 6.58. The molecule has 4 heteroatoms.